The second-order valence-electron chi connectivity index (χ2n) is 7.18. The molecule has 0 saturated carbocycles. The Labute approximate surface area is 180 Å². The molecule has 1 aromatic rings. The van der Waals surface area contributed by atoms with Crippen molar-refractivity contribution < 1.29 is 27.4 Å². The van der Waals surface area contributed by atoms with Gasteiger partial charge in [-0.3, -0.25) is 9.79 Å². The molecule has 0 aliphatic carbocycles. The van der Waals surface area contributed by atoms with Crippen molar-refractivity contribution in [1.29, 1.82) is 0 Å². The third-order valence-corrected chi connectivity index (χ3v) is 4.62. The Balaban J connectivity index is 1.63. The molecule has 10 heteroatoms. The van der Waals surface area contributed by atoms with Gasteiger partial charge in [0.25, 0.3) is 5.91 Å². The fraction of sp³-hybridized carbons (Fsp3) is 0.619. The van der Waals surface area contributed by atoms with E-state index in [4.69, 9.17) is 9.47 Å². The lowest BCUT2D eigenvalue weighted by Gasteiger charge is -2.12. The molecule has 1 aliphatic heterocycles. The number of benzene rings is 1. The van der Waals surface area contributed by atoms with Gasteiger partial charge in [0.05, 0.1) is 18.8 Å². The summed E-state index contributed by atoms with van der Waals surface area (Å²) in [6.45, 7) is 6.95. The molecule has 0 bridgehead atoms. The van der Waals surface area contributed by atoms with Gasteiger partial charge in [0.15, 0.2) is 5.96 Å². The highest BCUT2D eigenvalue weighted by Gasteiger charge is 2.30. The molecule has 1 unspecified atom stereocenters. The standard InChI is InChI=1S/C21H31F3N4O3/c1-2-25-20(27-9-3-12-30-14-16-8-13-31-15-16)28-11-10-26-19(29)17-4-6-18(7-5-17)21(22,23)24/h4-7,16H,2-3,8-15H2,1H3,(H,26,29)(H2,25,27,28). The Kier molecular flexibility index (Phi) is 10.6. The fourth-order valence-corrected chi connectivity index (χ4v) is 2.93. The minimum atomic E-state index is -4.42. The third-order valence-electron chi connectivity index (χ3n) is 4.62. The Morgan fingerprint density at radius 1 is 1.19 bits per heavy atom. The summed E-state index contributed by atoms with van der Waals surface area (Å²) in [5.41, 5.74) is -0.604. The summed E-state index contributed by atoms with van der Waals surface area (Å²) >= 11 is 0. The largest absolute Gasteiger partial charge is 0.416 e. The van der Waals surface area contributed by atoms with Crippen LogP contribution in [0.25, 0.3) is 0 Å². The monoisotopic (exact) mass is 444 g/mol. The summed E-state index contributed by atoms with van der Waals surface area (Å²) in [5.74, 6) is 0.707. The topological polar surface area (TPSA) is 84.0 Å². The molecule has 1 saturated heterocycles. The zero-order chi connectivity index (χ0) is 22.5. The predicted octanol–water partition coefficient (Wildman–Crippen LogP) is 2.43. The summed E-state index contributed by atoms with van der Waals surface area (Å²) in [6, 6.07) is 4.13. The smallest absolute Gasteiger partial charge is 0.381 e. The number of hydrogen-bond donors (Lipinski definition) is 3. The minimum Gasteiger partial charge on any atom is -0.381 e. The molecule has 0 spiro atoms. The summed E-state index contributed by atoms with van der Waals surface area (Å²) in [5, 5.41) is 8.90. The van der Waals surface area contributed by atoms with E-state index in [-0.39, 0.29) is 5.56 Å². The average molecular weight is 444 g/mol. The summed E-state index contributed by atoms with van der Waals surface area (Å²) in [4.78, 5) is 16.5. The molecule has 0 aromatic heterocycles. The van der Waals surface area contributed by atoms with Gasteiger partial charge in [-0.15, -0.1) is 0 Å². The lowest BCUT2D eigenvalue weighted by atomic mass is 10.1. The van der Waals surface area contributed by atoms with E-state index in [2.05, 4.69) is 20.9 Å². The Hall–Kier alpha value is -2.33. The van der Waals surface area contributed by atoms with Crippen LogP contribution in [0.1, 0.15) is 35.7 Å². The number of ether oxygens (including phenoxy) is 2. The highest BCUT2D eigenvalue weighted by molar-refractivity contribution is 5.94. The minimum absolute atomic E-state index is 0.178. The Morgan fingerprint density at radius 2 is 1.94 bits per heavy atom. The van der Waals surface area contributed by atoms with Gasteiger partial charge in [0.1, 0.15) is 0 Å². The molecular formula is C21H31F3N4O3. The van der Waals surface area contributed by atoms with Crippen molar-refractivity contribution in [2.24, 2.45) is 10.9 Å². The van der Waals surface area contributed by atoms with E-state index >= 15 is 0 Å². The van der Waals surface area contributed by atoms with Gasteiger partial charge in [0, 0.05) is 50.9 Å². The molecule has 3 N–H and O–H groups in total. The number of hydrogen-bond acceptors (Lipinski definition) is 4. The van der Waals surface area contributed by atoms with Crippen LogP contribution in [0.2, 0.25) is 0 Å². The molecule has 1 fully saturated rings. The number of guanidine groups is 1. The van der Waals surface area contributed by atoms with Gasteiger partial charge >= 0.3 is 6.18 Å². The second-order valence-corrected chi connectivity index (χ2v) is 7.18. The van der Waals surface area contributed by atoms with E-state index in [0.717, 1.165) is 44.8 Å². The number of halogens is 3. The first-order valence-electron chi connectivity index (χ1n) is 10.5. The first-order valence-corrected chi connectivity index (χ1v) is 10.5. The number of alkyl halides is 3. The molecule has 1 atom stereocenters. The third kappa shape index (κ3) is 9.56. The maximum Gasteiger partial charge on any atom is 0.416 e. The van der Waals surface area contributed by atoms with Crippen molar-refractivity contribution in [3.05, 3.63) is 35.4 Å². The van der Waals surface area contributed by atoms with Crippen LogP contribution in [0.5, 0.6) is 0 Å². The van der Waals surface area contributed by atoms with E-state index < -0.39 is 17.6 Å². The van der Waals surface area contributed by atoms with Crippen LogP contribution in [-0.2, 0) is 15.7 Å². The van der Waals surface area contributed by atoms with Crippen molar-refractivity contribution in [2.75, 3.05) is 52.6 Å². The van der Waals surface area contributed by atoms with E-state index in [0.29, 0.717) is 44.7 Å². The lowest BCUT2D eigenvalue weighted by molar-refractivity contribution is -0.137. The van der Waals surface area contributed by atoms with Crippen molar-refractivity contribution in [3.63, 3.8) is 0 Å². The zero-order valence-corrected chi connectivity index (χ0v) is 17.8. The van der Waals surface area contributed by atoms with Crippen molar-refractivity contribution in [2.45, 2.75) is 25.9 Å². The van der Waals surface area contributed by atoms with E-state index in [9.17, 15) is 18.0 Å². The molecule has 1 heterocycles. The summed E-state index contributed by atoms with van der Waals surface area (Å²) in [6.07, 6.45) is -2.56. The number of carbonyl (C=O) groups is 1. The van der Waals surface area contributed by atoms with E-state index in [1.165, 1.54) is 12.1 Å². The number of nitrogens with zero attached hydrogens (tertiary/aromatic N) is 1. The normalized spacial score (nSPS) is 16.9. The Morgan fingerprint density at radius 3 is 2.58 bits per heavy atom. The van der Waals surface area contributed by atoms with Crippen LogP contribution in [0.3, 0.4) is 0 Å². The SMILES string of the molecule is CCNC(=NCCCOCC1CCOC1)NCCNC(=O)c1ccc(C(F)(F)F)cc1. The van der Waals surface area contributed by atoms with Gasteiger partial charge in [-0.05, 0) is 44.0 Å². The van der Waals surface area contributed by atoms with Gasteiger partial charge in [-0.25, -0.2) is 0 Å². The maximum atomic E-state index is 12.6. The van der Waals surface area contributed by atoms with Crippen LogP contribution in [-0.4, -0.2) is 64.5 Å². The molecule has 7 nitrogen and oxygen atoms in total. The van der Waals surface area contributed by atoms with Gasteiger partial charge < -0.3 is 25.4 Å². The molecule has 1 aromatic carbocycles. The highest BCUT2D eigenvalue weighted by atomic mass is 19.4. The van der Waals surface area contributed by atoms with E-state index in [1.807, 2.05) is 6.92 Å². The quantitative estimate of drug-likeness (QED) is 0.277. The second kappa shape index (κ2) is 13.2. The molecule has 0 radical (unpaired) electrons. The van der Waals surface area contributed by atoms with Crippen LogP contribution < -0.4 is 16.0 Å². The summed E-state index contributed by atoms with van der Waals surface area (Å²) < 4.78 is 48.7. The lowest BCUT2D eigenvalue weighted by Crippen LogP contribution is -2.41. The zero-order valence-electron chi connectivity index (χ0n) is 17.8. The predicted molar refractivity (Wildman–Crippen MR) is 112 cm³/mol. The molecular weight excluding hydrogens is 413 g/mol. The highest BCUT2D eigenvalue weighted by Crippen LogP contribution is 2.29. The number of nitrogens with one attached hydrogen (secondary N) is 3. The maximum absolute atomic E-state index is 12.6. The number of carbonyl (C=O) groups excluding carboxylic acids is 1. The van der Waals surface area contributed by atoms with Gasteiger partial charge in [0.2, 0.25) is 0 Å². The van der Waals surface area contributed by atoms with Crippen molar-refractivity contribution in [3.8, 4) is 0 Å². The van der Waals surface area contributed by atoms with Gasteiger partial charge in [-0.1, -0.05) is 0 Å². The number of amides is 1. The van der Waals surface area contributed by atoms with Crippen LogP contribution in [0.4, 0.5) is 13.2 Å². The van der Waals surface area contributed by atoms with Gasteiger partial charge in [-0.2, -0.15) is 13.2 Å². The molecule has 174 valence electrons. The number of rotatable bonds is 11. The molecule has 31 heavy (non-hydrogen) atoms. The average Bonchev–Trinajstić information content (AvgIpc) is 3.26. The van der Waals surface area contributed by atoms with E-state index in [1.54, 1.807) is 0 Å². The molecule has 1 aliphatic rings. The Bertz CT molecular complexity index is 690. The summed E-state index contributed by atoms with van der Waals surface area (Å²) in [7, 11) is 0. The van der Waals surface area contributed by atoms with Crippen LogP contribution >= 0.6 is 0 Å². The van der Waals surface area contributed by atoms with Crippen LogP contribution in [0.15, 0.2) is 29.3 Å². The fourth-order valence-electron chi connectivity index (χ4n) is 2.93. The first kappa shape index (κ1) is 24.9. The molecule has 1 amide bonds. The van der Waals surface area contributed by atoms with Crippen molar-refractivity contribution >= 4 is 11.9 Å². The van der Waals surface area contributed by atoms with Crippen molar-refractivity contribution in [1.82, 2.24) is 16.0 Å². The molecule has 2 rings (SSSR count). The van der Waals surface area contributed by atoms with Crippen LogP contribution in [0, 0.1) is 5.92 Å². The first-order chi connectivity index (χ1) is 14.9. The number of aliphatic imine (C=N–C) groups is 1.